The maximum atomic E-state index is 11.9. The van der Waals surface area contributed by atoms with Crippen LogP contribution in [0, 0.1) is 10.1 Å². The molecule has 0 aliphatic carbocycles. The van der Waals surface area contributed by atoms with Gasteiger partial charge in [0.05, 0.1) is 24.7 Å². The van der Waals surface area contributed by atoms with Gasteiger partial charge in [0, 0.05) is 17.7 Å². The van der Waals surface area contributed by atoms with Crippen LogP contribution in [-0.4, -0.2) is 30.9 Å². The van der Waals surface area contributed by atoms with Gasteiger partial charge in [0.2, 0.25) is 0 Å². The number of hydrogen-bond donors (Lipinski definition) is 1. The quantitative estimate of drug-likeness (QED) is 0.279. The Hall–Kier alpha value is -3.62. The summed E-state index contributed by atoms with van der Waals surface area (Å²) in [4.78, 5) is 26.7. The lowest BCUT2D eigenvalue weighted by Gasteiger charge is -2.09. The normalized spacial score (nSPS) is 10.9. The molecule has 0 saturated carbocycles. The van der Waals surface area contributed by atoms with Crippen molar-refractivity contribution in [3.63, 3.8) is 0 Å². The van der Waals surface area contributed by atoms with Crippen LogP contribution in [-0.2, 0) is 4.84 Å². The van der Waals surface area contributed by atoms with E-state index in [0.717, 1.165) is 0 Å². The SMILES string of the molecule is COc1ccc(/C(N)=N\OC(=O)c2ccc([N+](=O)[O-])cc2)cc1OC. The standard InChI is InChI=1S/C16H15N3O6/c1-23-13-8-5-11(9-14(13)24-2)15(17)18-25-16(20)10-3-6-12(7-4-10)19(21)22/h3-9H,1-2H3,(H2,17,18). The Kier molecular flexibility index (Phi) is 5.51. The molecule has 0 radical (unpaired) electrons. The van der Waals surface area contributed by atoms with E-state index < -0.39 is 10.9 Å². The lowest BCUT2D eigenvalue weighted by Crippen LogP contribution is -2.15. The van der Waals surface area contributed by atoms with Gasteiger partial charge in [-0.05, 0) is 30.3 Å². The van der Waals surface area contributed by atoms with Crippen LogP contribution >= 0.6 is 0 Å². The van der Waals surface area contributed by atoms with Gasteiger partial charge in [-0.15, -0.1) is 0 Å². The second kappa shape index (κ2) is 7.77. The van der Waals surface area contributed by atoms with Crippen LogP contribution in [0.4, 0.5) is 5.69 Å². The second-order valence-electron chi connectivity index (χ2n) is 4.73. The zero-order valence-electron chi connectivity index (χ0n) is 13.5. The molecule has 0 fully saturated rings. The minimum atomic E-state index is -0.793. The molecule has 0 heterocycles. The van der Waals surface area contributed by atoms with Crippen molar-refractivity contribution in [1.82, 2.24) is 0 Å². The molecule has 0 saturated heterocycles. The number of oxime groups is 1. The third-order valence-electron chi connectivity index (χ3n) is 3.22. The van der Waals surface area contributed by atoms with Gasteiger partial charge in [-0.2, -0.15) is 0 Å². The number of carbonyl (C=O) groups is 1. The van der Waals surface area contributed by atoms with Crippen LogP contribution in [0.3, 0.4) is 0 Å². The van der Waals surface area contributed by atoms with Gasteiger partial charge in [-0.3, -0.25) is 10.1 Å². The maximum Gasteiger partial charge on any atom is 0.365 e. The molecular weight excluding hydrogens is 330 g/mol. The van der Waals surface area contributed by atoms with E-state index >= 15 is 0 Å². The van der Waals surface area contributed by atoms with E-state index in [-0.39, 0.29) is 17.1 Å². The number of nitrogens with two attached hydrogens (primary N) is 1. The van der Waals surface area contributed by atoms with Crippen molar-refractivity contribution in [2.45, 2.75) is 0 Å². The Morgan fingerprint density at radius 2 is 1.64 bits per heavy atom. The van der Waals surface area contributed by atoms with Crippen LogP contribution in [0.25, 0.3) is 0 Å². The molecule has 130 valence electrons. The van der Waals surface area contributed by atoms with E-state index in [4.69, 9.17) is 20.0 Å². The van der Waals surface area contributed by atoms with E-state index in [2.05, 4.69) is 5.16 Å². The predicted molar refractivity (Wildman–Crippen MR) is 88.8 cm³/mol. The fourth-order valence-electron chi connectivity index (χ4n) is 1.91. The fourth-order valence-corrected chi connectivity index (χ4v) is 1.91. The highest BCUT2D eigenvalue weighted by atomic mass is 16.7. The molecule has 0 unspecified atom stereocenters. The first-order valence-electron chi connectivity index (χ1n) is 6.98. The first kappa shape index (κ1) is 17.7. The van der Waals surface area contributed by atoms with Gasteiger partial charge < -0.3 is 20.0 Å². The van der Waals surface area contributed by atoms with Crippen molar-refractivity contribution < 1.29 is 24.0 Å². The molecule has 0 bridgehead atoms. The average molecular weight is 345 g/mol. The smallest absolute Gasteiger partial charge is 0.365 e. The summed E-state index contributed by atoms with van der Waals surface area (Å²) in [6.07, 6.45) is 0. The number of benzene rings is 2. The maximum absolute atomic E-state index is 11.9. The van der Waals surface area contributed by atoms with Gasteiger partial charge in [-0.25, -0.2) is 4.79 Å². The number of non-ortho nitro benzene ring substituents is 1. The number of amidine groups is 1. The monoisotopic (exact) mass is 345 g/mol. The highest BCUT2D eigenvalue weighted by molar-refractivity contribution is 5.98. The lowest BCUT2D eigenvalue weighted by atomic mass is 10.2. The Balaban J connectivity index is 2.12. The number of nitro groups is 1. The molecule has 2 rings (SSSR count). The summed E-state index contributed by atoms with van der Waals surface area (Å²) in [5, 5.41) is 14.2. The van der Waals surface area contributed by atoms with Crippen LogP contribution in [0.5, 0.6) is 11.5 Å². The van der Waals surface area contributed by atoms with Gasteiger partial charge in [0.1, 0.15) is 0 Å². The zero-order chi connectivity index (χ0) is 18.4. The number of carbonyl (C=O) groups excluding carboxylic acids is 1. The van der Waals surface area contributed by atoms with Crippen molar-refractivity contribution in [1.29, 1.82) is 0 Å². The molecule has 2 aromatic carbocycles. The molecule has 9 nitrogen and oxygen atoms in total. The highest BCUT2D eigenvalue weighted by Gasteiger charge is 2.12. The summed E-state index contributed by atoms with van der Waals surface area (Å²) in [7, 11) is 2.98. The number of nitrogens with zero attached hydrogens (tertiary/aromatic N) is 2. The van der Waals surface area contributed by atoms with Crippen molar-refractivity contribution in [2.24, 2.45) is 10.9 Å². The van der Waals surface area contributed by atoms with E-state index in [1.165, 1.54) is 38.5 Å². The number of methoxy groups -OCH3 is 2. The van der Waals surface area contributed by atoms with Gasteiger partial charge in [0.25, 0.3) is 5.69 Å². The van der Waals surface area contributed by atoms with Crippen LogP contribution < -0.4 is 15.2 Å². The molecular formula is C16H15N3O6. The van der Waals surface area contributed by atoms with E-state index in [1.807, 2.05) is 0 Å². The van der Waals surface area contributed by atoms with Gasteiger partial charge in [-0.1, -0.05) is 5.16 Å². The topological polar surface area (TPSA) is 126 Å². The summed E-state index contributed by atoms with van der Waals surface area (Å²) in [6, 6.07) is 9.76. The highest BCUT2D eigenvalue weighted by Crippen LogP contribution is 2.27. The Morgan fingerprint density at radius 1 is 1.04 bits per heavy atom. The summed E-state index contributed by atoms with van der Waals surface area (Å²) < 4.78 is 10.3. The first-order chi connectivity index (χ1) is 12.0. The van der Waals surface area contributed by atoms with Crippen LogP contribution in [0.1, 0.15) is 15.9 Å². The fraction of sp³-hybridized carbons (Fsp3) is 0.125. The number of hydrogen-bond acceptors (Lipinski definition) is 7. The molecule has 0 aliphatic heterocycles. The third-order valence-corrected chi connectivity index (χ3v) is 3.22. The molecule has 2 N–H and O–H groups in total. The van der Waals surface area contributed by atoms with E-state index in [9.17, 15) is 14.9 Å². The van der Waals surface area contributed by atoms with Crippen LogP contribution in [0.15, 0.2) is 47.6 Å². The summed E-state index contributed by atoms with van der Waals surface area (Å²) in [6.45, 7) is 0. The summed E-state index contributed by atoms with van der Waals surface area (Å²) in [5.41, 5.74) is 6.23. The van der Waals surface area contributed by atoms with Crippen molar-refractivity contribution in [2.75, 3.05) is 14.2 Å². The molecule has 0 spiro atoms. The largest absolute Gasteiger partial charge is 0.493 e. The minimum Gasteiger partial charge on any atom is -0.493 e. The summed E-state index contributed by atoms with van der Waals surface area (Å²) >= 11 is 0. The number of nitro benzene ring substituents is 1. The molecule has 9 heteroatoms. The molecule has 25 heavy (non-hydrogen) atoms. The molecule has 2 aromatic rings. The molecule has 0 atom stereocenters. The Bertz CT molecular complexity index is 817. The Labute approximate surface area is 142 Å². The third kappa shape index (κ3) is 4.22. The number of ether oxygens (including phenoxy) is 2. The van der Waals surface area contributed by atoms with Crippen LogP contribution in [0.2, 0.25) is 0 Å². The van der Waals surface area contributed by atoms with Gasteiger partial charge in [0.15, 0.2) is 17.3 Å². The predicted octanol–water partition coefficient (Wildman–Crippen LogP) is 2.09. The lowest BCUT2D eigenvalue weighted by molar-refractivity contribution is -0.384. The average Bonchev–Trinajstić information content (AvgIpc) is 2.65. The Morgan fingerprint density at radius 3 is 2.20 bits per heavy atom. The number of rotatable bonds is 6. The van der Waals surface area contributed by atoms with E-state index in [1.54, 1.807) is 18.2 Å². The van der Waals surface area contributed by atoms with E-state index in [0.29, 0.717) is 17.1 Å². The van der Waals surface area contributed by atoms with Crippen molar-refractivity contribution in [3.8, 4) is 11.5 Å². The van der Waals surface area contributed by atoms with Crippen molar-refractivity contribution in [3.05, 3.63) is 63.7 Å². The molecule has 0 aliphatic rings. The first-order valence-corrected chi connectivity index (χ1v) is 6.98. The minimum absolute atomic E-state index is 0.0452. The van der Waals surface area contributed by atoms with Crippen molar-refractivity contribution >= 4 is 17.5 Å². The molecule has 0 amide bonds. The summed E-state index contributed by atoms with van der Waals surface area (Å²) in [5.74, 6) is 0.122. The second-order valence-corrected chi connectivity index (χ2v) is 4.73. The zero-order valence-corrected chi connectivity index (χ0v) is 13.5. The molecule has 0 aromatic heterocycles. The van der Waals surface area contributed by atoms with Gasteiger partial charge >= 0.3 is 5.97 Å².